The third kappa shape index (κ3) is 3.88. The zero-order chi connectivity index (χ0) is 20.6. The van der Waals surface area contributed by atoms with Crippen LogP contribution < -0.4 is 0 Å². The number of sulfonamides is 1. The van der Waals surface area contributed by atoms with E-state index in [2.05, 4.69) is 15.9 Å². The van der Waals surface area contributed by atoms with E-state index in [0.29, 0.717) is 4.47 Å². The van der Waals surface area contributed by atoms with Crippen LogP contribution in [-0.4, -0.2) is 54.8 Å². The van der Waals surface area contributed by atoms with Crippen molar-refractivity contribution in [1.29, 1.82) is 0 Å². The fraction of sp³-hybridized carbons (Fsp3) is 0.190. The highest BCUT2D eigenvalue weighted by Crippen LogP contribution is 2.26. The van der Waals surface area contributed by atoms with E-state index in [1.165, 1.54) is 10.4 Å². The molecule has 0 radical (unpaired) electrons. The molecule has 0 atom stereocenters. The number of phenols is 1. The first-order valence-electron chi connectivity index (χ1n) is 9.13. The van der Waals surface area contributed by atoms with Crippen LogP contribution in [0.5, 0.6) is 5.75 Å². The lowest BCUT2D eigenvalue weighted by atomic mass is 10.1. The Kier molecular flexibility index (Phi) is 5.33. The SMILES string of the molecule is O=C(c1cc(Br)ccc1O)N1CCN(S(=O)(=O)c2ccc3ccccc3c2)CC1. The van der Waals surface area contributed by atoms with Gasteiger partial charge in [0.15, 0.2) is 0 Å². The topological polar surface area (TPSA) is 77.9 Å². The first-order chi connectivity index (χ1) is 13.9. The van der Waals surface area contributed by atoms with E-state index < -0.39 is 10.0 Å². The number of carbonyl (C=O) groups is 1. The minimum atomic E-state index is -3.64. The third-order valence-electron chi connectivity index (χ3n) is 5.07. The quantitative estimate of drug-likeness (QED) is 0.630. The summed E-state index contributed by atoms with van der Waals surface area (Å²) < 4.78 is 28.2. The summed E-state index contributed by atoms with van der Waals surface area (Å²) in [4.78, 5) is 14.5. The number of nitrogens with zero attached hydrogens (tertiary/aromatic N) is 2. The molecular formula is C21H19BrN2O4S. The average Bonchev–Trinajstić information content (AvgIpc) is 2.74. The van der Waals surface area contributed by atoms with Crippen molar-refractivity contribution in [3.05, 3.63) is 70.7 Å². The van der Waals surface area contributed by atoms with Gasteiger partial charge < -0.3 is 10.0 Å². The van der Waals surface area contributed by atoms with Crippen LogP contribution in [0.25, 0.3) is 10.8 Å². The van der Waals surface area contributed by atoms with E-state index in [0.717, 1.165) is 10.8 Å². The molecule has 0 aliphatic carbocycles. The summed E-state index contributed by atoms with van der Waals surface area (Å²) in [5.41, 5.74) is 0.199. The van der Waals surface area contributed by atoms with Gasteiger partial charge >= 0.3 is 0 Å². The first kappa shape index (κ1) is 19.9. The normalized spacial score (nSPS) is 15.6. The van der Waals surface area contributed by atoms with E-state index in [4.69, 9.17) is 0 Å². The van der Waals surface area contributed by atoms with Gasteiger partial charge in [0, 0.05) is 30.7 Å². The monoisotopic (exact) mass is 474 g/mol. The van der Waals surface area contributed by atoms with Crippen molar-refractivity contribution < 1.29 is 18.3 Å². The second kappa shape index (κ2) is 7.78. The van der Waals surface area contributed by atoms with Crippen molar-refractivity contribution in [2.24, 2.45) is 0 Å². The van der Waals surface area contributed by atoms with Crippen LogP contribution in [0.3, 0.4) is 0 Å². The minimum Gasteiger partial charge on any atom is -0.507 e. The number of piperazine rings is 1. The van der Waals surface area contributed by atoms with Gasteiger partial charge in [-0.05, 0) is 41.1 Å². The molecule has 3 aromatic rings. The Morgan fingerprint density at radius 2 is 1.59 bits per heavy atom. The van der Waals surface area contributed by atoms with Crippen LogP contribution in [0.1, 0.15) is 10.4 Å². The number of benzene rings is 3. The highest BCUT2D eigenvalue weighted by Gasteiger charge is 2.31. The summed E-state index contributed by atoms with van der Waals surface area (Å²) in [7, 11) is -3.64. The molecule has 8 heteroatoms. The Hall–Kier alpha value is -2.42. The second-order valence-electron chi connectivity index (χ2n) is 6.87. The molecule has 0 unspecified atom stereocenters. The van der Waals surface area contributed by atoms with E-state index in [9.17, 15) is 18.3 Å². The summed E-state index contributed by atoms with van der Waals surface area (Å²) >= 11 is 3.30. The number of aromatic hydroxyl groups is 1. The van der Waals surface area contributed by atoms with Crippen molar-refractivity contribution in [1.82, 2.24) is 9.21 Å². The van der Waals surface area contributed by atoms with E-state index in [1.807, 2.05) is 24.3 Å². The van der Waals surface area contributed by atoms with Gasteiger partial charge in [-0.2, -0.15) is 4.31 Å². The van der Waals surface area contributed by atoms with Gasteiger partial charge in [-0.15, -0.1) is 0 Å². The standard InChI is InChI=1S/C21H19BrN2O4S/c22-17-6-8-20(25)19(14-17)21(26)23-9-11-24(12-10-23)29(27,28)18-7-5-15-3-1-2-4-16(15)13-18/h1-8,13-14,25H,9-12H2. The largest absolute Gasteiger partial charge is 0.507 e. The highest BCUT2D eigenvalue weighted by molar-refractivity contribution is 9.10. The molecule has 0 aromatic heterocycles. The van der Waals surface area contributed by atoms with Crippen LogP contribution in [0, 0.1) is 0 Å². The van der Waals surface area contributed by atoms with Crippen LogP contribution in [0.2, 0.25) is 0 Å². The van der Waals surface area contributed by atoms with E-state index in [1.54, 1.807) is 35.2 Å². The van der Waals surface area contributed by atoms with Gasteiger partial charge in [-0.25, -0.2) is 8.42 Å². The molecule has 1 heterocycles. The number of fused-ring (bicyclic) bond motifs is 1. The third-order valence-corrected chi connectivity index (χ3v) is 7.46. The molecule has 1 saturated heterocycles. The Morgan fingerprint density at radius 3 is 2.31 bits per heavy atom. The van der Waals surface area contributed by atoms with Crippen molar-refractivity contribution in [3.63, 3.8) is 0 Å². The van der Waals surface area contributed by atoms with E-state index in [-0.39, 0.29) is 48.3 Å². The fourth-order valence-electron chi connectivity index (χ4n) is 3.46. The maximum absolute atomic E-state index is 13.1. The lowest BCUT2D eigenvalue weighted by molar-refractivity contribution is 0.0695. The average molecular weight is 475 g/mol. The molecule has 0 bridgehead atoms. The van der Waals surface area contributed by atoms with Crippen LogP contribution in [0.15, 0.2) is 70.0 Å². The molecule has 29 heavy (non-hydrogen) atoms. The maximum atomic E-state index is 13.1. The zero-order valence-corrected chi connectivity index (χ0v) is 17.9. The minimum absolute atomic E-state index is 0.0931. The lowest BCUT2D eigenvalue weighted by Crippen LogP contribution is -2.50. The molecule has 3 aromatic carbocycles. The van der Waals surface area contributed by atoms with Crippen LogP contribution >= 0.6 is 15.9 Å². The molecule has 1 amide bonds. The Morgan fingerprint density at radius 1 is 0.897 bits per heavy atom. The predicted octanol–water partition coefficient (Wildman–Crippen LogP) is 3.45. The number of hydrogen-bond donors (Lipinski definition) is 1. The number of halogens is 1. The summed E-state index contributed by atoms with van der Waals surface area (Å²) in [6.07, 6.45) is 0. The molecule has 150 valence electrons. The molecule has 0 spiro atoms. The number of amides is 1. The van der Waals surface area contributed by atoms with Gasteiger partial charge in [0.05, 0.1) is 10.5 Å². The molecule has 0 saturated carbocycles. The van der Waals surface area contributed by atoms with Crippen molar-refractivity contribution in [2.45, 2.75) is 4.90 Å². The number of rotatable bonds is 3. The van der Waals surface area contributed by atoms with Gasteiger partial charge in [0.2, 0.25) is 10.0 Å². The van der Waals surface area contributed by atoms with Crippen LogP contribution in [0.4, 0.5) is 0 Å². The second-order valence-corrected chi connectivity index (χ2v) is 9.72. The van der Waals surface area contributed by atoms with Gasteiger partial charge in [0.1, 0.15) is 5.75 Å². The summed E-state index contributed by atoms with van der Waals surface area (Å²) in [6.45, 7) is 0.931. The highest BCUT2D eigenvalue weighted by atomic mass is 79.9. The van der Waals surface area contributed by atoms with Crippen molar-refractivity contribution >= 4 is 42.6 Å². The fourth-order valence-corrected chi connectivity index (χ4v) is 5.28. The van der Waals surface area contributed by atoms with Crippen molar-refractivity contribution in [3.8, 4) is 5.75 Å². The molecule has 1 aliphatic rings. The summed E-state index contributed by atoms with van der Waals surface area (Å²) in [6, 6.07) is 17.4. The molecule has 4 rings (SSSR count). The summed E-state index contributed by atoms with van der Waals surface area (Å²) in [5.74, 6) is -0.407. The molecule has 6 nitrogen and oxygen atoms in total. The molecule has 1 fully saturated rings. The Bertz CT molecular complexity index is 1190. The molecule has 1 aliphatic heterocycles. The Balaban J connectivity index is 1.51. The number of hydrogen-bond acceptors (Lipinski definition) is 4. The van der Waals surface area contributed by atoms with Crippen molar-refractivity contribution in [2.75, 3.05) is 26.2 Å². The maximum Gasteiger partial charge on any atom is 0.257 e. The first-order valence-corrected chi connectivity index (χ1v) is 11.4. The molecular weight excluding hydrogens is 456 g/mol. The van der Waals surface area contributed by atoms with Gasteiger partial charge in [0.25, 0.3) is 5.91 Å². The number of phenolic OH excluding ortho intramolecular Hbond substituents is 1. The predicted molar refractivity (Wildman–Crippen MR) is 114 cm³/mol. The molecule has 1 N–H and O–H groups in total. The smallest absolute Gasteiger partial charge is 0.257 e. The van der Waals surface area contributed by atoms with E-state index >= 15 is 0 Å². The van der Waals surface area contributed by atoms with Gasteiger partial charge in [-0.3, -0.25) is 4.79 Å². The zero-order valence-electron chi connectivity index (χ0n) is 15.5. The van der Waals surface area contributed by atoms with Gasteiger partial charge in [-0.1, -0.05) is 46.3 Å². The Labute approximate surface area is 177 Å². The summed E-state index contributed by atoms with van der Waals surface area (Å²) in [5, 5.41) is 11.8. The lowest BCUT2D eigenvalue weighted by Gasteiger charge is -2.34. The number of carbonyl (C=O) groups excluding carboxylic acids is 1. The van der Waals surface area contributed by atoms with Crippen LogP contribution in [-0.2, 0) is 10.0 Å².